The van der Waals surface area contributed by atoms with Crippen molar-refractivity contribution in [2.24, 2.45) is 5.92 Å². The smallest absolute Gasteiger partial charge is 0.289 e. The van der Waals surface area contributed by atoms with Gasteiger partial charge in [0.05, 0.1) is 22.1 Å². The Hall–Kier alpha value is -2.67. The van der Waals surface area contributed by atoms with Crippen LogP contribution in [0.25, 0.3) is 11.0 Å². The number of amides is 2. The van der Waals surface area contributed by atoms with E-state index < -0.39 is 0 Å². The average molecular weight is 471 g/mol. The van der Waals surface area contributed by atoms with Crippen LogP contribution in [0.3, 0.4) is 0 Å². The summed E-state index contributed by atoms with van der Waals surface area (Å²) in [5.41, 5.74) is 2.24. The second-order valence-corrected chi connectivity index (χ2v) is 10.2. The zero-order chi connectivity index (χ0) is 23.3. The number of halogens is 1. The van der Waals surface area contributed by atoms with E-state index in [0.29, 0.717) is 42.5 Å². The summed E-state index contributed by atoms with van der Waals surface area (Å²) in [6.07, 6.45) is 5.35. The number of anilines is 1. The number of rotatable bonds is 2. The SMILES string of the molecule is C=C1Nc2c(Cl)cc3cc(C(=O)N4CCN(C(=O)C(C)C)CC4)oc3c2C2(CCCCC2)N1. The molecule has 2 fully saturated rings. The van der Waals surface area contributed by atoms with Gasteiger partial charge >= 0.3 is 0 Å². The summed E-state index contributed by atoms with van der Waals surface area (Å²) in [7, 11) is 0. The van der Waals surface area contributed by atoms with Crippen molar-refractivity contribution >= 4 is 40.1 Å². The molecular formula is C25H31ClN4O3. The molecule has 0 bridgehead atoms. The minimum atomic E-state index is -0.292. The molecule has 33 heavy (non-hydrogen) atoms. The molecule has 1 aromatic carbocycles. The summed E-state index contributed by atoms with van der Waals surface area (Å²) in [5.74, 6) is 0.998. The molecule has 1 spiro atoms. The molecule has 1 aliphatic carbocycles. The second kappa shape index (κ2) is 8.28. The molecule has 0 unspecified atom stereocenters. The van der Waals surface area contributed by atoms with Crippen LogP contribution in [-0.2, 0) is 10.3 Å². The van der Waals surface area contributed by atoms with Crippen LogP contribution in [-0.4, -0.2) is 47.8 Å². The average Bonchev–Trinajstić information content (AvgIpc) is 3.22. The van der Waals surface area contributed by atoms with E-state index in [1.807, 2.05) is 24.8 Å². The lowest BCUT2D eigenvalue weighted by molar-refractivity contribution is -0.135. The maximum atomic E-state index is 13.3. The molecule has 3 heterocycles. The van der Waals surface area contributed by atoms with Crippen LogP contribution >= 0.6 is 11.6 Å². The third-order valence-electron chi connectivity index (χ3n) is 7.19. The summed E-state index contributed by atoms with van der Waals surface area (Å²) in [6.45, 7) is 10.00. The predicted molar refractivity (Wildman–Crippen MR) is 129 cm³/mol. The van der Waals surface area contributed by atoms with Crippen LogP contribution in [0, 0.1) is 5.92 Å². The van der Waals surface area contributed by atoms with Gasteiger partial charge in [-0.15, -0.1) is 0 Å². The number of hydrogen-bond donors (Lipinski definition) is 2. The Morgan fingerprint density at radius 1 is 1.09 bits per heavy atom. The monoisotopic (exact) mass is 470 g/mol. The summed E-state index contributed by atoms with van der Waals surface area (Å²) >= 11 is 6.69. The number of furan rings is 1. The molecule has 1 aromatic heterocycles. The first-order valence-electron chi connectivity index (χ1n) is 11.9. The predicted octanol–water partition coefficient (Wildman–Crippen LogP) is 4.67. The van der Waals surface area contributed by atoms with Crippen LogP contribution in [0.5, 0.6) is 0 Å². The van der Waals surface area contributed by atoms with Crippen molar-refractivity contribution in [3.63, 3.8) is 0 Å². The molecule has 1 saturated carbocycles. The first-order chi connectivity index (χ1) is 15.8. The van der Waals surface area contributed by atoms with Gasteiger partial charge in [-0.3, -0.25) is 9.59 Å². The lowest BCUT2D eigenvalue weighted by Crippen LogP contribution is -2.51. The molecule has 8 heteroatoms. The van der Waals surface area contributed by atoms with E-state index in [-0.39, 0.29) is 23.3 Å². The molecule has 176 valence electrons. The topological polar surface area (TPSA) is 77.8 Å². The van der Waals surface area contributed by atoms with Crippen molar-refractivity contribution < 1.29 is 14.0 Å². The van der Waals surface area contributed by atoms with E-state index in [1.54, 1.807) is 11.0 Å². The van der Waals surface area contributed by atoms with E-state index >= 15 is 0 Å². The highest BCUT2D eigenvalue weighted by molar-refractivity contribution is 6.34. The number of nitrogens with zero attached hydrogens (tertiary/aromatic N) is 2. The Morgan fingerprint density at radius 2 is 1.76 bits per heavy atom. The maximum Gasteiger partial charge on any atom is 0.289 e. The number of benzene rings is 1. The minimum absolute atomic E-state index is 0.0380. The zero-order valence-corrected chi connectivity index (χ0v) is 20.1. The lowest BCUT2D eigenvalue weighted by Gasteiger charge is -2.44. The molecule has 5 rings (SSSR count). The van der Waals surface area contributed by atoms with E-state index in [2.05, 4.69) is 17.2 Å². The van der Waals surface area contributed by atoms with Gasteiger partial charge in [-0.25, -0.2) is 0 Å². The number of carbonyl (C=O) groups is 2. The number of hydrogen-bond acceptors (Lipinski definition) is 5. The van der Waals surface area contributed by atoms with E-state index in [0.717, 1.165) is 48.1 Å². The molecule has 7 nitrogen and oxygen atoms in total. The van der Waals surface area contributed by atoms with Crippen LogP contribution in [0.15, 0.2) is 28.9 Å². The zero-order valence-electron chi connectivity index (χ0n) is 19.3. The Morgan fingerprint density at radius 3 is 2.42 bits per heavy atom. The highest BCUT2D eigenvalue weighted by Crippen LogP contribution is 2.49. The van der Waals surface area contributed by atoms with Gasteiger partial charge in [0.2, 0.25) is 5.91 Å². The Kier molecular flexibility index (Phi) is 5.55. The minimum Gasteiger partial charge on any atom is -0.450 e. The van der Waals surface area contributed by atoms with E-state index in [4.69, 9.17) is 16.0 Å². The Bertz CT molecular complexity index is 1120. The van der Waals surface area contributed by atoms with Crippen LogP contribution in [0.1, 0.15) is 62.1 Å². The number of nitrogens with one attached hydrogen (secondary N) is 2. The standard InChI is InChI=1S/C25H31ClN4O3/c1-15(2)23(31)29-9-11-30(12-10-29)24(32)19-14-17-13-18(26)21-20(22(17)33-19)25(28-16(3)27-21)7-5-4-6-8-25/h13-15,27-28H,3-12H2,1-2H3. The lowest BCUT2D eigenvalue weighted by atomic mass is 9.74. The van der Waals surface area contributed by atoms with Crippen LogP contribution in [0.2, 0.25) is 5.02 Å². The number of carbonyl (C=O) groups excluding carboxylic acids is 2. The van der Waals surface area contributed by atoms with Gasteiger partial charge in [0.1, 0.15) is 5.58 Å². The largest absolute Gasteiger partial charge is 0.450 e. The molecule has 2 N–H and O–H groups in total. The third kappa shape index (κ3) is 3.76. The van der Waals surface area contributed by atoms with Gasteiger partial charge in [0.15, 0.2) is 5.76 Å². The Labute approximate surface area is 199 Å². The summed E-state index contributed by atoms with van der Waals surface area (Å²) in [6, 6.07) is 3.66. The van der Waals surface area contributed by atoms with Crippen molar-refractivity contribution in [2.45, 2.75) is 51.5 Å². The second-order valence-electron chi connectivity index (χ2n) is 9.78. The van der Waals surface area contributed by atoms with Gasteiger partial charge in [0, 0.05) is 43.0 Å². The van der Waals surface area contributed by atoms with Gasteiger partial charge in [-0.2, -0.15) is 0 Å². The van der Waals surface area contributed by atoms with Crippen molar-refractivity contribution in [2.75, 3.05) is 31.5 Å². The summed E-state index contributed by atoms with van der Waals surface area (Å²) in [4.78, 5) is 29.2. The van der Waals surface area contributed by atoms with Crippen molar-refractivity contribution in [3.8, 4) is 0 Å². The summed E-state index contributed by atoms with van der Waals surface area (Å²) < 4.78 is 6.27. The molecule has 2 aromatic rings. The Balaban J connectivity index is 1.47. The molecule has 2 aliphatic heterocycles. The molecule has 3 aliphatic rings. The van der Waals surface area contributed by atoms with Gasteiger partial charge in [-0.1, -0.05) is 51.3 Å². The third-order valence-corrected chi connectivity index (χ3v) is 7.49. The maximum absolute atomic E-state index is 13.3. The van der Waals surface area contributed by atoms with E-state index in [9.17, 15) is 9.59 Å². The van der Waals surface area contributed by atoms with Crippen molar-refractivity contribution in [3.05, 3.63) is 40.9 Å². The van der Waals surface area contributed by atoms with Gasteiger partial charge < -0.3 is 24.9 Å². The first-order valence-corrected chi connectivity index (χ1v) is 12.3. The van der Waals surface area contributed by atoms with Crippen molar-refractivity contribution in [1.29, 1.82) is 0 Å². The molecule has 1 saturated heterocycles. The normalized spacial score (nSPS) is 20.1. The van der Waals surface area contributed by atoms with Gasteiger partial charge in [-0.05, 0) is 25.0 Å². The number of fused-ring (bicyclic) bond motifs is 4. The van der Waals surface area contributed by atoms with Crippen LogP contribution in [0.4, 0.5) is 5.69 Å². The molecule has 2 amide bonds. The fraction of sp³-hybridized carbons (Fsp3) is 0.520. The quantitative estimate of drug-likeness (QED) is 0.666. The van der Waals surface area contributed by atoms with E-state index in [1.165, 1.54) is 6.42 Å². The highest BCUT2D eigenvalue weighted by atomic mass is 35.5. The molecular weight excluding hydrogens is 440 g/mol. The highest BCUT2D eigenvalue weighted by Gasteiger charge is 2.42. The fourth-order valence-electron chi connectivity index (χ4n) is 5.55. The fourth-order valence-corrected chi connectivity index (χ4v) is 5.81. The molecule has 0 radical (unpaired) electrons. The van der Waals surface area contributed by atoms with Gasteiger partial charge in [0.25, 0.3) is 5.91 Å². The number of piperazine rings is 1. The first kappa shape index (κ1) is 22.1. The molecule has 0 atom stereocenters. The van der Waals surface area contributed by atoms with Crippen molar-refractivity contribution in [1.82, 2.24) is 15.1 Å². The summed E-state index contributed by atoms with van der Waals surface area (Å²) in [5, 5.41) is 8.30. The van der Waals surface area contributed by atoms with Crippen LogP contribution < -0.4 is 10.6 Å².